The third-order valence-electron chi connectivity index (χ3n) is 5.04. The monoisotopic (exact) mass is 409 g/mol. The van der Waals surface area contributed by atoms with Crippen LogP contribution in [0.2, 0.25) is 0 Å². The molecule has 0 radical (unpaired) electrons. The number of fused-ring (bicyclic) bond motifs is 1. The number of hydrogen-bond acceptors (Lipinski definition) is 6. The quantitative estimate of drug-likeness (QED) is 0.581. The number of nitrogens with zero attached hydrogens (tertiary/aromatic N) is 3. The lowest BCUT2D eigenvalue weighted by molar-refractivity contribution is 0.597. The van der Waals surface area contributed by atoms with E-state index in [0.29, 0.717) is 5.82 Å². The van der Waals surface area contributed by atoms with Crippen molar-refractivity contribution in [3.8, 4) is 11.4 Å². The molecular weight excluding hydrogens is 386 g/mol. The molecule has 1 aliphatic rings. The number of nitrogens with two attached hydrogens (primary N) is 1. The molecule has 0 saturated heterocycles. The lowest BCUT2D eigenvalue weighted by Gasteiger charge is -2.12. The van der Waals surface area contributed by atoms with Crippen molar-refractivity contribution in [3.05, 3.63) is 65.6 Å². The Morgan fingerprint density at radius 2 is 1.90 bits per heavy atom. The summed E-state index contributed by atoms with van der Waals surface area (Å²) in [4.78, 5) is 13.8. The fourth-order valence-electron chi connectivity index (χ4n) is 3.55. The predicted octanol–water partition coefficient (Wildman–Crippen LogP) is 2.72. The Bertz CT molecular complexity index is 1100. The molecule has 0 amide bonds. The van der Waals surface area contributed by atoms with E-state index in [2.05, 4.69) is 10.3 Å². The minimum Gasteiger partial charge on any atom is -0.370 e. The highest BCUT2D eigenvalue weighted by Crippen LogP contribution is 2.29. The van der Waals surface area contributed by atoms with Crippen LogP contribution in [0.1, 0.15) is 29.7 Å². The molecule has 8 heteroatoms. The van der Waals surface area contributed by atoms with Gasteiger partial charge in [-0.2, -0.15) is 0 Å². The maximum absolute atomic E-state index is 11.3. The number of benzene rings is 1. The normalized spacial score (nSPS) is 13.3. The first kappa shape index (κ1) is 19.5. The number of primary sulfonamides is 1. The third-order valence-corrected chi connectivity index (χ3v) is 5.97. The largest absolute Gasteiger partial charge is 0.370 e. The van der Waals surface area contributed by atoms with Crippen LogP contribution in [-0.2, 0) is 29.3 Å². The molecule has 1 aliphatic carbocycles. The van der Waals surface area contributed by atoms with Crippen LogP contribution in [-0.4, -0.2) is 29.9 Å². The zero-order valence-corrected chi connectivity index (χ0v) is 16.8. The van der Waals surface area contributed by atoms with E-state index in [4.69, 9.17) is 15.1 Å². The summed E-state index contributed by atoms with van der Waals surface area (Å²) in [7, 11) is -3.64. The Balaban J connectivity index is 1.41. The first-order valence-corrected chi connectivity index (χ1v) is 11.2. The molecular formula is C21H23N5O2S. The lowest BCUT2D eigenvalue weighted by atomic mass is 10.1. The van der Waals surface area contributed by atoms with E-state index in [0.717, 1.165) is 61.3 Å². The molecule has 29 heavy (non-hydrogen) atoms. The molecule has 3 aromatic rings. The van der Waals surface area contributed by atoms with Gasteiger partial charge in [0.05, 0.1) is 4.90 Å². The van der Waals surface area contributed by atoms with Crippen LogP contribution in [0.3, 0.4) is 0 Å². The van der Waals surface area contributed by atoms with Crippen molar-refractivity contribution in [2.24, 2.45) is 5.14 Å². The molecule has 0 saturated carbocycles. The van der Waals surface area contributed by atoms with Crippen molar-refractivity contribution >= 4 is 15.8 Å². The zero-order valence-electron chi connectivity index (χ0n) is 16.0. The molecule has 7 nitrogen and oxygen atoms in total. The topological polar surface area (TPSA) is 111 Å². The van der Waals surface area contributed by atoms with Gasteiger partial charge in [0.25, 0.3) is 0 Å². The van der Waals surface area contributed by atoms with Crippen LogP contribution in [0.15, 0.2) is 53.7 Å². The van der Waals surface area contributed by atoms with Gasteiger partial charge in [-0.1, -0.05) is 12.1 Å². The van der Waals surface area contributed by atoms with Crippen molar-refractivity contribution < 1.29 is 8.42 Å². The van der Waals surface area contributed by atoms with Gasteiger partial charge in [0, 0.05) is 35.8 Å². The van der Waals surface area contributed by atoms with Crippen molar-refractivity contribution in [3.63, 3.8) is 0 Å². The smallest absolute Gasteiger partial charge is 0.238 e. The van der Waals surface area contributed by atoms with E-state index < -0.39 is 10.0 Å². The highest BCUT2D eigenvalue weighted by Gasteiger charge is 2.19. The SMILES string of the molecule is NS(=O)(=O)c1ccc(CCCNc2nc(-c3cccnc3)nc3c2CCC3)cc1. The number of aromatic nitrogens is 3. The van der Waals surface area contributed by atoms with Gasteiger partial charge in [0.1, 0.15) is 5.82 Å². The second-order valence-electron chi connectivity index (χ2n) is 7.14. The first-order valence-electron chi connectivity index (χ1n) is 9.66. The van der Waals surface area contributed by atoms with Crippen LogP contribution in [0, 0.1) is 0 Å². The predicted molar refractivity (Wildman–Crippen MR) is 112 cm³/mol. The van der Waals surface area contributed by atoms with Gasteiger partial charge >= 0.3 is 0 Å². The zero-order chi connectivity index (χ0) is 20.3. The second kappa shape index (κ2) is 8.26. The van der Waals surface area contributed by atoms with E-state index in [1.54, 1.807) is 24.5 Å². The van der Waals surface area contributed by atoms with Crippen LogP contribution in [0.5, 0.6) is 0 Å². The molecule has 0 unspecified atom stereocenters. The maximum atomic E-state index is 11.3. The molecule has 150 valence electrons. The van der Waals surface area contributed by atoms with E-state index in [-0.39, 0.29) is 4.90 Å². The van der Waals surface area contributed by atoms with Gasteiger partial charge in [-0.15, -0.1) is 0 Å². The lowest BCUT2D eigenvalue weighted by Crippen LogP contribution is -2.12. The van der Waals surface area contributed by atoms with Crippen molar-refractivity contribution in [1.82, 2.24) is 15.0 Å². The molecule has 1 aromatic carbocycles. The Morgan fingerprint density at radius 3 is 2.62 bits per heavy atom. The van der Waals surface area contributed by atoms with Crippen molar-refractivity contribution in [2.75, 3.05) is 11.9 Å². The molecule has 2 aromatic heterocycles. The van der Waals surface area contributed by atoms with Gasteiger partial charge in [0.15, 0.2) is 5.82 Å². The minimum atomic E-state index is -3.64. The second-order valence-corrected chi connectivity index (χ2v) is 8.70. The molecule has 0 aliphatic heterocycles. The molecule has 0 bridgehead atoms. The molecule has 3 N–H and O–H groups in total. The Hall–Kier alpha value is -2.84. The summed E-state index contributed by atoms with van der Waals surface area (Å²) in [5.74, 6) is 1.62. The van der Waals surface area contributed by atoms with Gasteiger partial charge in [-0.3, -0.25) is 4.98 Å². The first-order chi connectivity index (χ1) is 14.0. The number of sulfonamides is 1. The van der Waals surface area contributed by atoms with Gasteiger partial charge < -0.3 is 5.32 Å². The number of anilines is 1. The fraction of sp³-hybridized carbons (Fsp3) is 0.286. The summed E-state index contributed by atoms with van der Waals surface area (Å²) in [5, 5.41) is 8.61. The fourth-order valence-corrected chi connectivity index (χ4v) is 4.06. The summed E-state index contributed by atoms with van der Waals surface area (Å²) in [5.41, 5.74) is 4.33. The number of aryl methyl sites for hydroxylation is 2. The Labute approximate surface area is 170 Å². The number of rotatable bonds is 7. The summed E-state index contributed by atoms with van der Waals surface area (Å²) >= 11 is 0. The summed E-state index contributed by atoms with van der Waals surface area (Å²) in [6.07, 6.45) is 8.34. The number of pyridine rings is 1. The Morgan fingerprint density at radius 1 is 1.07 bits per heavy atom. The van der Waals surface area contributed by atoms with Gasteiger partial charge in [-0.05, 0) is 61.9 Å². The van der Waals surface area contributed by atoms with E-state index in [1.165, 1.54) is 5.56 Å². The molecule has 0 spiro atoms. The van der Waals surface area contributed by atoms with E-state index in [9.17, 15) is 8.42 Å². The van der Waals surface area contributed by atoms with Crippen molar-refractivity contribution in [2.45, 2.75) is 37.0 Å². The summed E-state index contributed by atoms with van der Waals surface area (Å²) in [6, 6.07) is 10.6. The van der Waals surface area contributed by atoms with Crippen LogP contribution in [0.4, 0.5) is 5.82 Å². The molecule has 2 heterocycles. The third kappa shape index (κ3) is 4.60. The standard InChI is InChI=1S/C21H23N5O2S/c22-29(27,28)17-10-8-15(9-11-17)4-2-13-24-21-18-6-1-7-19(18)25-20(26-21)16-5-3-12-23-14-16/h3,5,8-12,14H,1-2,4,6-7,13H2,(H2,22,27,28)(H,24,25,26). The molecule has 4 rings (SSSR count). The van der Waals surface area contributed by atoms with Crippen molar-refractivity contribution in [1.29, 1.82) is 0 Å². The van der Waals surface area contributed by atoms with Crippen LogP contribution in [0.25, 0.3) is 11.4 Å². The average Bonchev–Trinajstić information content (AvgIpc) is 3.20. The minimum absolute atomic E-state index is 0.138. The Kier molecular flexibility index (Phi) is 5.55. The molecule has 0 fully saturated rings. The molecule has 0 atom stereocenters. The summed E-state index contributed by atoms with van der Waals surface area (Å²) in [6.45, 7) is 0.771. The maximum Gasteiger partial charge on any atom is 0.238 e. The highest BCUT2D eigenvalue weighted by molar-refractivity contribution is 7.89. The van der Waals surface area contributed by atoms with Gasteiger partial charge in [-0.25, -0.2) is 23.5 Å². The van der Waals surface area contributed by atoms with E-state index in [1.807, 2.05) is 24.3 Å². The number of nitrogens with one attached hydrogen (secondary N) is 1. The van der Waals surface area contributed by atoms with Gasteiger partial charge in [0.2, 0.25) is 10.0 Å². The average molecular weight is 410 g/mol. The number of hydrogen-bond donors (Lipinski definition) is 2. The van der Waals surface area contributed by atoms with Crippen LogP contribution < -0.4 is 10.5 Å². The van der Waals surface area contributed by atoms with Crippen LogP contribution >= 0.6 is 0 Å². The van der Waals surface area contributed by atoms with E-state index >= 15 is 0 Å². The summed E-state index contributed by atoms with van der Waals surface area (Å²) < 4.78 is 22.7. The highest BCUT2D eigenvalue weighted by atomic mass is 32.2.